The molecule has 0 saturated carbocycles. The van der Waals surface area contributed by atoms with E-state index in [1.165, 1.54) is 0 Å². The van der Waals surface area contributed by atoms with Crippen LogP contribution < -0.4 is 4.74 Å². The van der Waals surface area contributed by atoms with E-state index >= 15 is 0 Å². The van der Waals surface area contributed by atoms with Crippen molar-refractivity contribution in [2.75, 3.05) is 39.5 Å². The highest BCUT2D eigenvalue weighted by Crippen LogP contribution is 2.27. The number of ether oxygens (including phenoxy) is 2. The monoisotopic (exact) mass is 377 g/mol. The number of fused-ring (bicyclic) bond motifs is 1. The standard InChI is InChI=1S/C18H20ClN3O4/c19-14-1-2-17-13(9-14)11-22(5-8-25-17)18(23)16-10-15(26-20-16)12-21-3-6-24-7-4-21/h1-2,9-10H,3-8,11-12H2. The third-order valence-electron chi connectivity index (χ3n) is 4.55. The van der Waals surface area contributed by atoms with E-state index in [1.807, 2.05) is 12.1 Å². The van der Waals surface area contributed by atoms with Gasteiger partial charge in [0.1, 0.15) is 12.4 Å². The zero-order chi connectivity index (χ0) is 17.9. The molecule has 1 saturated heterocycles. The van der Waals surface area contributed by atoms with Crippen LogP contribution in [0.5, 0.6) is 5.75 Å². The van der Waals surface area contributed by atoms with Crippen LogP contribution in [0.4, 0.5) is 0 Å². The minimum absolute atomic E-state index is 0.168. The maximum atomic E-state index is 12.8. The number of rotatable bonds is 3. The molecule has 7 nitrogen and oxygen atoms in total. The lowest BCUT2D eigenvalue weighted by molar-refractivity contribution is 0.0305. The van der Waals surface area contributed by atoms with Gasteiger partial charge >= 0.3 is 0 Å². The second-order valence-corrected chi connectivity index (χ2v) is 6.83. The number of hydrogen-bond donors (Lipinski definition) is 0. The van der Waals surface area contributed by atoms with E-state index in [9.17, 15) is 4.79 Å². The Bertz CT molecular complexity index is 788. The molecule has 26 heavy (non-hydrogen) atoms. The molecular formula is C18H20ClN3O4. The summed E-state index contributed by atoms with van der Waals surface area (Å²) in [5.74, 6) is 1.28. The van der Waals surface area contributed by atoms with Crippen molar-refractivity contribution in [1.29, 1.82) is 0 Å². The van der Waals surface area contributed by atoms with E-state index in [4.69, 9.17) is 25.6 Å². The number of nitrogens with zero attached hydrogens (tertiary/aromatic N) is 3. The number of morpholine rings is 1. The first-order chi connectivity index (χ1) is 12.7. The summed E-state index contributed by atoms with van der Waals surface area (Å²) >= 11 is 6.07. The van der Waals surface area contributed by atoms with E-state index < -0.39 is 0 Å². The maximum absolute atomic E-state index is 12.8. The second-order valence-electron chi connectivity index (χ2n) is 6.39. The highest BCUT2D eigenvalue weighted by molar-refractivity contribution is 6.30. The number of amides is 1. The number of halogens is 1. The van der Waals surface area contributed by atoms with Gasteiger partial charge in [-0.1, -0.05) is 16.8 Å². The molecular weight excluding hydrogens is 358 g/mol. The zero-order valence-corrected chi connectivity index (χ0v) is 15.1. The van der Waals surface area contributed by atoms with Gasteiger partial charge in [-0.25, -0.2) is 0 Å². The summed E-state index contributed by atoms with van der Waals surface area (Å²) in [6.45, 7) is 5.11. The first-order valence-electron chi connectivity index (χ1n) is 8.65. The molecule has 8 heteroatoms. The Balaban J connectivity index is 1.45. The largest absolute Gasteiger partial charge is 0.491 e. The van der Waals surface area contributed by atoms with E-state index in [2.05, 4.69) is 10.1 Å². The van der Waals surface area contributed by atoms with Gasteiger partial charge in [0, 0.05) is 36.3 Å². The average molecular weight is 378 g/mol. The number of hydrogen-bond acceptors (Lipinski definition) is 6. The highest BCUT2D eigenvalue weighted by atomic mass is 35.5. The predicted molar refractivity (Wildman–Crippen MR) is 94.3 cm³/mol. The van der Waals surface area contributed by atoms with Crippen molar-refractivity contribution in [3.8, 4) is 5.75 Å². The third-order valence-corrected chi connectivity index (χ3v) is 4.79. The van der Waals surface area contributed by atoms with Crippen molar-refractivity contribution in [2.24, 2.45) is 0 Å². The topological polar surface area (TPSA) is 68.0 Å². The van der Waals surface area contributed by atoms with Gasteiger partial charge in [-0.3, -0.25) is 9.69 Å². The van der Waals surface area contributed by atoms with Gasteiger partial charge in [-0.2, -0.15) is 0 Å². The summed E-state index contributed by atoms with van der Waals surface area (Å²) in [5.41, 5.74) is 1.21. The van der Waals surface area contributed by atoms with E-state index in [1.54, 1.807) is 17.0 Å². The normalized spacial score (nSPS) is 18.1. The number of carbonyl (C=O) groups is 1. The van der Waals surface area contributed by atoms with Crippen LogP contribution >= 0.6 is 11.6 Å². The van der Waals surface area contributed by atoms with Gasteiger partial charge in [0.15, 0.2) is 11.5 Å². The Kier molecular flexibility index (Phi) is 5.10. The molecule has 3 heterocycles. The predicted octanol–water partition coefficient (Wildman–Crippen LogP) is 2.20. The lowest BCUT2D eigenvalue weighted by atomic mass is 10.2. The molecule has 4 rings (SSSR count). The highest BCUT2D eigenvalue weighted by Gasteiger charge is 2.24. The first kappa shape index (κ1) is 17.3. The van der Waals surface area contributed by atoms with Gasteiger partial charge in [-0.15, -0.1) is 0 Å². The summed E-state index contributed by atoms with van der Waals surface area (Å²) in [6.07, 6.45) is 0. The molecule has 1 amide bonds. The molecule has 1 fully saturated rings. The lowest BCUT2D eigenvalue weighted by Crippen LogP contribution is -2.35. The van der Waals surface area contributed by atoms with Crippen LogP contribution in [-0.2, 0) is 17.8 Å². The minimum Gasteiger partial charge on any atom is -0.491 e. The van der Waals surface area contributed by atoms with E-state index in [0.717, 1.165) is 37.6 Å². The third kappa shape index (κ3) is 3.85. The summed E-state index contributed by atoms with van der Waals surface area (Å²) in [7, 11) is 0. The number of aromatic nitrogens is 1. The minimum atomic E-state index is -0.168. The second kappa shape index (κ2) is 7.65. The Morgan fingerprint density at radius 2 is 2.00 bits per heavy atom. The lowest BCUT2D eigenvalue weighted by Gasteiger charge is -2.25. The smallest absolute Gasteiger partial charge is 0.276 e. The molecule has 0 radical (unpaired) electrons. The fraction of sp³-hybridized carbons (Fsp3) is 0.444. The van der Waals surface area contributed by atoms with Crippen molar-refractivity contribution in [3.05, 3.63) is 46.3 Å². The van der Waals surface area contributed by atoms with Gasteiger partial charge in [0.25, 0.3) is 5.91 Å². The van der Waals surface area contributed by atoms with Crippen LogP contribution in [0.2, 0.25) is 5.02 Å². The Morgan fingerprint density at radius 1 is 1.15 bits per heavy atom. The van der Waals surface area contributed by atoms with Crippen LogP contribution in [0, 0.1) is 0 Å². The van der Waals surface area contributed by atoms with Crippen LogP contribution in [0.3, 0.4) is 0 Å². The van der Waals surface area contributed by atoms with Crippen LogP contribution in [-0.4, -0.2) is 60.3 Å². The van der Waals surface area contributed by atoms with Gasteiger partial charge < -0.3 is 18.9 Å². The molecule has 1 aromatic heterocycles. The maximum Gasteiger partial charge on any atom is 0.276 e. The Hall–Kier alpha value is -2.09. The number of benzene rings is 1. The molecule has 0 aliphatic carbocycles. The average Bonchev–Trinajstić information content (AvgIpc) is 3.00. The summed E-state index contributed by atoms with van der Waals surface area (Å²) in [6, 6.07) is 7.17. The molecule has 138 valence electrons. The van der Waals surface area contributed by atoms with Crippen LogP contribution in [0.1, 0.15) is 21.8 Å². The van der Waals surface area contributed by atoms with Crippen molar-refractivity contribution in [1.82, 2.24) is 15.0 Å². The Morgan fingerprint density at radius 3 is 2.85 bits per heavy atom. The molecule has 0 N–H and O–H groups in total. The molecule has 0 atom stereocenters. The molecule has 2 aliphatic rings. The number of carbonyl (C=O) groups excluding carboxylic acids is 1. The van der Waals surface area contributed by atoms with Gasteiger partial charge in [-0.05, 0) is 18.2 Å². The quantitative estimate of drug-likeness (QED) is 0.816. The zero-order valence-electron chi connectivity index (χ0n) is 14.3. The summed E-state index contributed by atoms with van der Waals surface area (Å²) < 4.78 is 16.4. The van der Waals surface area contributed by atoms with Crippen molar-refractivity contribution in [2.45, 2.75) is 13.1 Å². The molecule has 0 unspecified atom stereocenters. The van der Waals surface area contributed by atoms with E-state index in [-0.39, 0.29) is 5.91 Å². The van der Waals surface area contributed by atoms with Crippen molar-refractivity contribution < 1.29 is 18.8 Å². The fourth-order valence-electron chi connectivity index (χ4n) is 3.17. The molecule has 0 spiro atoms. The van der Waals surface area contributed by atoms with Crippen molar-refractivity contribution in [3.63, 3.8) is 0 Å². The summed E-state index contributed by atoms with van der Waals surface area (Å²) in [5, 5.41) is 4.59. The van der Waals surface area contributed by atoms with E-state index in [0.29, 0.717) is 42.7 Å². The van der Waals surface area contributed by atoms with Crippen LogP contribution in [0.15, 0.2) is 28.8 Å². The Labute approximate surface area is 156 Å². The van der Waals surface area contributed by atoms with Gasteiger partial charge in [0.05, 0.1) is 26.3 Å². The molecule has 0 bridgehead atoms. The summed E-state index contributed by atoms with van der Waals surface area (Å²) in [4.78, 5) is 16.8. The first-order valence-corrected chi connectivity index (χ1v) is 9.03. The van der Waals surface area contributed by atoms with Gasteiger partial charge in [0.2, 0.25) is 0 Å². The SMILES string of the molecule is O=C(c1cc(CN2CCOCC2)on1)N1CCOc2ccc(Cl)cc2C1. The molecule has 1 aromatic carbocycles. The van der Waals surface area contributed by atoms with Crippen LogP contribution in [0.25, 0.3) is 0 Å². The molecule has 2 aliphatic heterocycles. The van der Waals surface area contributed by atoms with Crippen molar-refractivity contribution >= 4 is 17.5 Å². The fourth-order valence-corrected chi connectivity index (χ4v) is 3.36. The molecule has 2 aromatic rings.